The Kier molecular flexibility index (Phi) is 7.39. The Hall–Kier alpha value is -3.99. The Labute approximate surface area is 206 Å². The number of hydrogen-bond donors (Lipinski definition) is 3. The van der Waals surface area contributed by atoms with Crippen LogP contribution in [0.25, 0.3) is 0 Å². The number of benzene rings is 2. The monoisotopic (exact) mass is 499 g/mol. The largest absolute Gasteiger partial charge is 0.497 e. The van der Waals surface area contributed by atoms with Crippen molar-refractivity contribution < 1.29 is 23.5 Å². The number of carbonyl (C=O) groups excluding carboxylic acids is 3. The van der Waals surface area contributed by atoms with Gasteiger partial charge in [0.05, 0.1) is 12.8 Å². The molecule has 184 valence electrons. The standard InChI is InChI=1S/C24H26FN5O4S/c1-24(2,3)28-22(32)19(13-5-7-14(25)8-6-13)30(15-9-11-16(34-4)12-10-15)23(33)20-17(26)18(21(27)31)29-35-20/h5-12,19H,26H2,1-4H3,(H2,27,31)(H,28,32). The van der Waals surface area contributed by atoms with Crippen molar-refractivity contribution in [2.45, 2.75) is 32.4 Å². The summed E-state index contributed by atoms with van der Waals surface area (Å²) in [6.45, 7) is 5.39. The maximum Gasteiger partial charge on any atom is 0.273 e. The molecule has 0 bridgehead atoms. The van der Waals surface area contributed by atoms with Crippen LogP contribution in [-0.4, -0.2) is 34.7 Å². The van der Waals surface area contributed by atoms with Gasteiger partial charge in [-0.25, -0.2) is 4.39 Å². The minimum Gasteiger partial charge on any atom is -0.497 e. The number of methoxy groups -OCH3 is 1. The Morgan fingerprint density at radius 2 is 1.69 bits per heavy atom. The summed E-state index contributed by atoms with van der Waals surface area (Å²) < 4.78 is 22.8. The summed E-state index contributed by atoms with van der Waals surface area (Å²) in [7, 11) is 1.50. The third-order valence-electron chi connectivity index (χ3n) is 4.92. The normalized spacial score (nSPS) is 12.0. The summed E-state index contributed by atoms with van der Waals surface area (Å²) >= 11 is 0.700. The van der Waals surface area contributed by atoms with Crippen LogP contribution >= 0.6 is 11.5 Å². The van der Waals surface area contributed by atoms with Crippen molar-refractivity contribution in [2.75, 3.05) is 17.7 Å². The lowest BCUT2D eigenvalue weighted by atomic mass is 10.0. The Bertz CT molecular complexity index is 1240. The van der Waals surface area contributed by atoms with E-state index in [0.717, 1.165) is 0 Å². The van der Waals surface area contributed by atoms with E-state index in [0.29, 0.717) is 28.5 Å². The average Bonchev–Trinajstić information content (AvgIpc) is 3.18. The first kappa shape index (κ1) is 25.6. The summed E-state index contributed by atoms with van der Waals surface area (Å²) in [6, 6.07) is 10.5. The molecule has 3 rings (SSSR count). The van der Waals surface area contributed by atoms with Gasteiger partial charge in [0.2, 0.25) is 5.91 Å². The van der Waals surface area contributed by atoms with Crippen LogP contribution in [0.15, 0.2) is 48.5 Å². The van der Waals surface area contributed by atoms with Crippen LogP contribution in [0.3, 0.4) is 0 Å². The molecule has 3 amide bonds. The predicted molar refractivity (Wildman–Crippen MR) is 132 cm³/mol. The van der Waals surface area contributed by atoms with E-state index in [-0.39, 0.29) is 16.3 Å². The fraction of sp³-hybridized carbons (Fsp3) is 0.250. The number of nitrogens with zero attached hydrogens (tertiary/aromatic N) is 2. The SMILES string of the molecule is COc1ccc(N(C(=O)c2snc(C(N)=O)c2N)C(C(=O)NC(C)(C)C)c2ccc(F)cc2)cc1. The van der Waals surface area contributed by atoms with E-state index >= 15 is 0 Å². The summed E-state index contributed by atoms with van der Waals surface area (Å²) in [5, 5.41) is 2.88. The van der Waals surface area contributed by atoms with Crippen molar-refractivity contribution in [3.05, 3.63) is 70.5 Å². The quantitative estimate of drug-likeness (QED) is 0.456. The molecular weight excluding hydrogens is 473 g/mol. The van der Waals surface area contributed by atoms with Gasteiger partial charge in [0.15, 0.2) is 5.69 Å². The molecule has 1 heterocycles. The third kappa shape index (κ3) is 5.75. The molecule has 1 unspecified atom stereocenters. The smallest absolute Gasteiger partial charge is 0.273 e. The van der Waals surface area contributed by atoms with Crippen LogP contribution in [0, 0.1) is 5.82 Å². The van der Waals surface area contributed by atoms with E-state index in [1.54, 1.807) is 45.0 Å². The zero-order valence-corrected chi connectivity index (χ0v) is 20.5. The second kappa shape index (κ2) is 10.1. The zero-order chi connectivity index (χ0) is 25.9. The Morgan fingerprint density at radius 3 is 2.17 bits per heavy atom. The maximum absolute atomic E-state index is 13.9. The summed E-state index contributed by atoms with van der Waals surface area (Å²) in [5.41, 5.74) is 11.0. The van der Waals surface area contributed by atoms with Gasteiger partial charge in [0, 0.05) is 11.2 Å². The first-order chi connectivity index (χ1) is 16.4. The maximum atomic E-state index is 13.9. The van der Waals surface area contributed by atoms with Crippen LogP contribution in [0.1, 0.15) is 52.5 Å². The number of primary amides is 1. The summed E-state index contributed by atoms with van der Waals surface area (Å²) in [5.74, 6) is -2.03. The molecule has 11 heteroatoms. The van der Waals surface area contributed by atoms with Gasteiger partial charge >= 0.3 is 0 Å². The van der Waals surface area contributed by atoms with Crippen LogP contribution < -0.4 is 26.4 Å². The molecule has 5 N–H and O–H groups in total. The molecule has 1 atom stereocenters. The van der Waals surface area contributed by atoms with Gasteiger partial charge in [-0.2, -0.15) is 4.37 Å². The number of ether oxygens (including phenoxy) is 1. The average molecular weight is 500 g/mol. The molecule has 0 aliphatic rings. The number of rotatable bonds is 7. The van der Waals surface area contributed by atoms with Crippen LogP contribution in [0.5, 0.6) is 5.75 Å². The minimum atomic E-state index is -1.21. The second-order valence-corrected chi connectivity index (χ2v) is 9.48. The van der Waals surface area contributed by atoms with Crippen LogP contribution in [0.2, 0.25) is 0 Å². The van der Waals surface area contributed by atoms with Crippen molar-refractivity contribution in [3.8, 4) is 5.75 Å². The molecule has 1 aromatic heterocycles. The molecule has 9 nitrogen and oxygen atoms in total. The molecule has 0 radical (unpaired) electrons. The Morgan fingerprint density at radius 1 is 1.09 bits per heavy atom. The van der Waals surface area contributed by atoms with Gasteiger partial charge in [-0.15, -0.1) is 0 Å². The predicted octanol–water partition coefficient (Wildman–Crippen LogP) is 3.27. The molecule has 0 saturated heterocycles. The van der Waals surface area contributed by atoms with Gasteiger partial charge in [-0.05, 0) is 74.3 Å². The first-order valence-electron chi connectivity index (χ1n) is 10.5. The molecule has 35 heavy (non-hydrogen) atoms. The third-order valence-corrected chi connectivity index (χ3v) is 5.77. The zero-order valence-electron chi connectivity index (χ0n) is 19.7. The van der Waals surface area contributed by atoms with Crippen LogP contribution in [0.4, 0.5) is 15.8 Å². The van der Waals surface area contributed by atoms with Gasteiger partial charge in [0.25, 0.3) is 11.8 Å². The highest BCUT2D eigenvalue weighted by atomic mass is 32.1. The van der Waals surface area contributed by atoms with E-state index in [4.69, 9.17) is 16.2 Å². The van der Waals surface area contributed by atoms with Gasteiger partial charge < -0.3 is 21.5 Å². The van der Waals surface area contributed by atoms with E-state index < -0.39 is 35.1 Å². The van der Waals surface area contributed by atoms with E-state index in [9.17, 15) is 18.8 Å². The number of nitrogen functional groups attached to an aromatic ring is 1. The summed E-state index contributed by atoms with van der Waals surface area (Å²) in [6.07, 6.45) is 0. The molecule has 0 fully saturated rings. The van der Waals surface area contributed by atoms with Crippen molar-refractivity contribution in [1.29, 1.82) is 0 Å². The molecule has 3 aromatic rings. The van der Waals surface area contributed by atoms with Crippen molar-refractivity contribution in [3.63, 3.8) is 0 Å². The highest BCUT2D eigenvalue weighted by Gasteiger charge is 2.37. The van der Waals surface area contributed by atoms with Crippen molar-refractivity contribution in [2.24, 2.45) is 5.73 Å². The highest BCUT2D eigenvalue weighted by Crippen LogP contribution is 2.34. The van der Waals surface area contributed by atoms with Gasteiger partial charge in [0.1, 0.15) is 22.5 Å². The summed E-state index contributed by atoms with van der Waals surface area (Å²) in [4.78, 5) is 40.3. The van der Waals surface area contributed by atoms with Crippen molar-refractivity contribution in [1.82, 2.24) is 9.69 Å². The van der Waals surface area contributed by atoms with E-state index in [1.807, 2.05) is 0 Å². The number of nitrogens with one attached hydrogen (secondary N) is 1. The molecule has 0 aliphatic carbocycles. The number of aromatic nitrogens is 1. The number of amides is 3. The number of hydrogen-bond acceptors (Lipinski definition) is 7. The molecular formula is C24H26FN5O4S. The molecule has 0 aliphatic heterocycles. The second-order valence-electron chi connectivity index (χ2n) is 8.70. The number of anilines is 2. The first-order valence-corrected chi connectivity index (χ1v) is 11.3. The molecule has 2 aromatic carbocycles. The highest BCUT2D eigenvalue weighted by molar-refractivity contribution is 7.09. The van der Waals surface area contributed by atoms with Crippen LogP contribution in [-0.2, 0) is 4.79 Å². The van der Waals surface area contributed by atoms with Gasteiger partial charge in [-0.3, -0.25) is 19.3 Å². The van der Waals surface area contributed by atoms with Gasteiger partial charge in [-0.1, -0.05) is 12.1 Å². The molecule has 0 saturated carbocycles. The topological polar surface area (TPSA) is 141 Å². The Balaban J connectivity index is 2.23. The fourth-order valence-electron chi connectivity index (χ4n) is 3.37. The lowest BCUT2D eigenvalue weighted by Crippen LogP contribution is -2.49. The lowest BCUT2D eigenvalue weighted by molar-refractivity contribution is -0.123. The number of halogens is 1. The van der Waals surface area contributed by atoms with E-state index in [2.05, 4.69) is 9.69 Å². The minimum absolute atomic E-state index is 0.0645. The number of nitrogens with two attached hydrogens (primary N) is 2. The lowest BCUT2D eigenvalue weighted by Gasteiger charge is -2.33. The number of carbonyl (C=O) groups is 3. The van der Waals surface area contributed by atoms with E-state index in [1.165, 1.54) is 36.3 Å². The molecule has 0 spiro atoms. The fourth-order valence-corrected chi connectivity index (χ4v) is 4.11. The van der Waals surface area contributed by atoms with Crippen molar-refractivity contribution >= 4 is 40.6 Å².